The smallest absolute Gasteiger partial charge is 0.410 e. The number of hydrogen-bond donors (Lipinski definition) is 1. The van der Waals surface area contributed by atoms with E-state index >= 15 is 0 Å². The van der Waals surface area contributed by atoms with E-state index in [4.69, 9.17) is 9.47 Å². The van der Waals surface area contributed by atoms with Gasteiger partial charge in [0.05, 0.1) is 12.6 Å². The van der Waals surface area contributed by atoms with E-state index in [0.717, 1.165) is 4.90 Å². The average Bonchev–Trinajstić information content (AvgIpc) is 2.35. The number of piperazine rings is 1. The second-order valence-electron chi connectivity index (χ2n) is 6.41. The summed E-state index contributed by atoms with van der Waals surface area (Å²) in [5.41, 5.74) is -0.663. The first-order chi connectivity index (χ1) is 10.0. The molecule has 0 spiro atoms. The number of aliphatic carboxylic acids is 1. The molecule has 1 aliphatic rings. The number of carbonyl (C=O) groups is 3. The van der Waals surface area contributed by atoms with Crippen molar-refractivity contribution in [3.05, 3.63) is 0 Å². The predicted octanol–water partition coefficient (Wildman–Crippen LogP) is 1.54. The van der Waals surface area contributed by atoms with Gasteiger partial charge in [-0.15, -0.1) is 0 Å². The van der Waals surface area contributed by atoms with E-state index < -0.39 is 29.8 Å². The van der Waals surface area contributed by atoms with E-state index in [1.165, 1.54) is 4.90 Å². The summed E-state index contributed by atoms with van der Waals surface area (Å²) < 4.78 is 10.3. The second-order valence-corrected chi connectivity index (χ2v) is 6.41. The van der Waals surface area contributed by atoms with Crippen LogP contribution in [-0.4, -0.2) is 70.4 Å². The van der Waals surface area contributed by atoms with Crippen molar-refractivity contribution in [2.24, 2.45) is 0 Å². The molecular formula is C14H24N2O6. The predicted molar refractivity (Wildman–Crippen MR) is 77.6 cm³/mol. The molecular weight excluding hydrogens is 292 g/mol. The van der Waals surface area contributed by atoms with Crippen molar-refractivity contribution in [3.8, 4) is 0 Å². The van der Waals surface area contributed by atoms with Crippen molar-refractivity contribution in [2.75, 3.05) is 19.6 Å². The third-order valence-corrected chi connectivity index (χ3v) is 2.89. The third-order valence-electron chi connectivity index (χ3n) is 2.89. The summed E-state index contributed by atoms with van der Waals surface area (Å²) in [7, 11) is 0. The highest BCUT2D eigenvalue weighted by Crippen LogP contribution is 2.16. The molecule has 8 heteroatoms. The summed E-state index contributed by atoms with van der Waals surface area (Å²) in [6, 6.07) is -1.15. The first-order valence-corrected chi connectivity index (χ1v) is 7.19. The van der Waals surface area contributed by atoms with E-state index in [1.54, 1.807) is 34.6 Å². The quantitative estimate of drug-likeness (QED) is 0.830. The van der Waals surface area contributed by atoms with E-state index in [2.05, 4.69) is 0 Å². The van der Waals surface area contributed by atoms with Crippen LogP contribution in [0.1, 0.15) is 34.6 Å². The molecule has 1 rings (SSSR count). The molecule has 126 valence electrons. The molecule has 1 aliphatic heterocycles. The molecule has 0 unspecified atom stereocenters. The topological polar surface area (TPSA) is 96.4 Å². The van der Waals surface area contributed by atoms with Crippen LogP contribution in [0.4, 0.5) is 9.59 Å². The van der Waals surface area contributed by atoms with E-state index in [1.807, 2.05) is 0 Å². The van der Waals surface area contributed by atoms with Crippen LogP contribution < -0.4 is 0 Å². The van der Waals surface area contributed by atoms with Crippen LogP contribution in [0.25, 0.3) is 0 Å². The van der Waals surface area contributed by atoms with Crippen LogP contribution in [0.3, 0.4) is 0 Å². The first-order valence-electron chi connectivity index (χ1n) is 7.19. The van der Waals surface area contributed by atoms with Gasteiger partial charge in [0.1, 0.15) is 5.60 Å². The minimum absolute atomic E-state index is 0.0851. The summed E-state index contributed by atoms with van der Waals surface area (Å²) in [6.45, 7) is 8.72. The number of nitrogens with zero attached hydrogens (tertiary/aromatic N) is 2. The highest BCUT2D eigenvalue weighted by Gasteiger charge is 2.39. The molecule has 1 fully saturated rings. The van der Waals surface area contributed by atoms with Gasteiger partial charge in [-0.3, -0.25) is 4.90 Å². The molecule has 1 N–H and O–H groups in total. The summed E-state index contributed by atoms with van der Waals surface area (Å²) >= 11 is 0. The van der Waals surface area contributed by atoms with Crippen LogP contribution >= 0.6 is 0 Å². The Hall–Kier alpha value is -1.99. The van der Waals surface area contributed by atoms with Gasteiger partial charge in [-0.25, -0.2) is 14.4 Å². The van der Waals surface area contributed by atoms with Crippen molar-refractivity contribution in [1.29, 1.82) is 0 Å². The van der Waals surface area contributed by atoms with Crippen molar-refractivity contribution in [2.45, 2.75) is 52.4 Å². The SMILES string of the molecule is CC(C)OC(=O)N1CCN(C(=O)OC(C)(C)C)C[C@@H]1C(=O)O. The molecule has 1 atom stereocenters. The van der Waals surface area contributed by atoms with Gasteiger partial charge in [0.2, 0.25) is 0 Å². The molecule has 0 aliphatic carbocycles. The zero-order valence-electron chi connectivity index (χ0n) is 13.7. The number of carboxylic acid groups (broad SMARTS) is 1. The molecule has 0 bridgehead atoms. The fraction of sp³-hybridized carbons (Fsp3) is 0.786. The standard InChI is InChI=1S/C14H24N2O6/c1-9(2)21-13(20)16-7-6-15(8-10(16)11(17)18)12(19)22-14(3,4)5/h9-10H,6-8H2,1-5H3,(H,17,18)/t10-/m1/s1. The molecule has 0 saturated carbocycles. The first kappa shape index (κ1) is 18.1. The van der Waals surface area contributed by atoms with Gasteiger partial charge in [-0.2, -0.15) is 0 Å². The lowest BCUT2D eigenvalue weighted by Gasteiger charge is -2.39. The largest absolute Gasteiger partial charge is 0.480 e. The van der Waals surface area contributed by atoms with Crippen LogP contribution in [0.5, 0.6) is 0 Å². The Morgan fingerprint density at radius 3 is 2.18 bits per heavy atom. The third kappa shape index (κ3) is 5.09. The number of rotatable bonds is 2. The Balaban J connectivity index is 2.77. The summed E-state index contributed by atoms with van der Waals surface area (Å²) in [5, 5.41) is 9.30. The molecule has 8 nitrogen and oxygen atoms in total. The van der Waals surface area contributed by atoms with Crippen LogP contribution in [0, 0.1) is 0 Å². The van der Waals surface area contributed by atoms with Crippen molar-refractivity contribution in [3.63, 3.8) is 0 Å². The monoisotopic (exact) mass is 316 g/mol. The lowest BCUT2D eigenvalue weighted by molar-refractivity contribution is -0.144. The fourth-order valence-corrected chi connectivity index (χ4v) is 1.97. The second kappa shape index (κ2) is 6.85. The fourth-order valence-electron chi connectivity index (χ4n) is 1.97. The van der Waals surface area contributed by atoms with Crippen LogP contribution in [0.2, 0.25) is 0 Å². The van der Waals surface area contributed by atoms with Gasteiger partial charge >= 0.3 is 18.2 Å². The van der Waals surface area contributed by atoms with Gasteiger partial charge in [0, 0.05) is 13.1 Å². The molecule has 0 aromatic carbocycles. The number of ether oxygens (including phenoxy) is 2. The lowest BCUT2D eigenvalue weighted by atomic mass is 10.2. The Morgan fingerprint density at radius 1 is 1.14 bits per heavy atom. The van der Waals surface area contributed by atoms with Gasteiger partial charge in [0.25, 0.3) is 0 Å². The van der Waals surface area contributed by atoms with E-state index in [-0.39, 0.29) is 25.7 Å². The van der Waals surface area contributed by atoms with Crippen LogP contribution in [-0.2, 0) is 14.3 Å². The number of carbonyl (C=O) groups excluding carboxylic acids is 2. The molecule has 1 heterocycles. The maximum atomic E-state index is 12.0. The van der Waals surface area contributed by atoms with Crippen molar-refractivity contribution in [1.82, 2.24) is 9.80 Å². The zero-order valence-corrected chi connectivity index (χ0v) is 13.7. The summed E-state index contributed by atoms with van der Waals surface area (Å²) in [5.74, 6) is -1.19. The van der Waals surface area contributed by atoms with Crippen molar-refractivity contribution >= 4 is 18.2 Å². The highest BCUT2D eigenvalue weighted by atomic mass is 16.6. The molecule has 0 aromatic heterocycles. The average molecular weight is 316 g/mol. The number of amides is 2. The normalized spacial score (nSPS) is 19.1. The van der Waals surface area contributed by atoms with E-state index in [9.17, 15) is 19.5 Å². The molecule has 22 heavy (non-hydrogen) atoms. The Bertz CT molecular complexity index is 443. The number of carboxylic acids is 1. The molecule has 0 radical (unpaired) electrons. The number of hydrogen-bond acceptors (Lipinski definition) is 5. The Labute approximate surface area is 130 Å². The maximum Gasteiger partial charge on any atom is 0.410 e. The maximum absolute atomic E-state index is 12.0. The Kier molecular flexibility index (Phi) is 5.62. The van der Waals surface area contributed by atoms with Gasteiger partial charge in [-0.05, 0) is 34.6 Å². The zero-order chi connectivity index (χ0) is 17.1. The van der Waals surface area contributed by atoms with E-state index in [0.29, 0.717) is 0 Å². The van der Waals surface area contributed by atoms with Crippen LogP contribution in [0.15, 0.2) is 0 Å². The molecule has 2 amide bonds. The highest BCUT2D eigenvalue weighted by molar-refractivity contribution is 5.81. The molecule has 1 saturated heterocycles. The summed E-state index contributed by atoms with van der Waals surface area (Å²) in [4.78, 5) is 37.7. The molecule has 0 aromatic rings. The minimum Gasteiger partial charge on any atom is -0.480 e. The van der Waals surface area contributed by atoms with Crippen molar-refractivity contribution < 1.29 is 29.0 Å². The van der Waals surface area contributed by atoms with Gasteiger partial charge in [-0.1, -0.05) is 0 Å². The minimum atomic E-state index is -1.19. The Morgan fingerprint density at radius 2 is 1.73 bits per heavy atom. The van der Waals surface area contributed by atoms with Gasteiger partial charge in [0.15, 0.2) is 6.04 Å². The summed E-state index contributed by atoms with van der Waals surface area (Å²) in [6.07, 6.45) is -1.62. The van der Waals surface area contributed by atoms with Gasteiger partial charge < -0.3 is 19.5 Å². The lowest BCUT2D eigenvalue weighted by Crippen LogP contribution is -2.60.